The van der Waals surface area contributed by atoms with Gasteiger partial charge in [0, 0.05) is 44.9 Å². The van der Waals surface area contributed by atoms with Crippen LogP contribution in [0.2, 0.25) is 0 Å². The Hall–Kier alpha value is -1.69. The molecule has 1 spiro atoms. The van der Waals surface area contributed by atoms with E-state index in [1.807, 2.05) is 37.7 Å². The van der Waals surface area contributed by atoms with Crippen molar-refractivity contribution in [2.45, 2.75) is 38.7 Å². The van der Waals surface area contributed by atoms with Crippen LogP contribution in [0.25, 0.3) is 0 Å². The van der Waals surface area contributed by atoms with Crippen molar-refractivity contribution in [3.8, 4) is 0 Å². The fraction of sp³-hybridized carbons (Fsp3) is 0.688. The van der Waals surface area contributed by atoms with Crippen molar-refractivity contribution in [1.29, 1.82) is 0 Å². The van der Waals surface area contributed by atoms with E-state index >= 15 is 0 Å². The van der Waals surface area contributed by atoms with Crippen molar-refractivity contribution < 1.29 is 9.53 Å². The van der Waals surface area contributed by atoms with Gasteiger partial charge in [-0.25, -0.2) is 9.97 Å². The molecule has 2 aliphatic heterocycles. The maximum Gasteiger partial charge on any atom is 0.225 e. The molecule has 2 aliphatic rings. The molecule has 0 aliphatic carbocycles. The van der Waals surface area contributed by atoms with Gasteiger partial charge in [-0.05, 0) is 13.3 Å². The molecule has 6 heteroatoms. The molecule has 22 heavy (non-hydrogen) atoms. The lowest BCUT2D eigenvalue weighted by Gasteiger charge is -2.35. The van der Waals surface area contributed by atoms with Crippen molar-refractivity contribution in [2.24, 2.45) is 0 Å². The molecule has 1 aromatic rings. The maximum absolute atomic E-state index is 12.0. The van der Waals surface area contributed by atoms with Gasteiger partial charge in [0.1, 0.15) is 0 Å². The lowest BCUT2D eigenvalue weighted by atomic mass is 9.80. The van der Waals surface area contributed by atoms with Gasteiger partial charge >= 0.3 is 0 Å². The quantitative estimate of drug-likeness (QED) is 0.823. The topological polar surface area (TPSA) is 58.6 Å². The molecular weight excluding hydrogens is 280 g/mol. The predicted octanol–water partition coefficient (Wildman–Crippen LogP) is 1.26. The summed E-state index contributed by atoms with van der Waals surface area (Å²) in [4.78, 5) is 25.3. The Morgan fingerprint density at radius 2 is 2.18 bits per heavy atom. The minimum atomic E-state index is -0.170. The van der Waals surface area contributed by atoms with Crippen LogP contribution in [0, 0.1) is 6.92 Å². The largest absolute Gasteiger partial charge is 0.376 e. The molecule has 6 nitrogen and oxygen atoms in total. The van der Waals surface area contributed by atoms with Crippen LogP contribution < -0.4 is 4.90 Å². The van der Waals surface area contributed by atoms with Crippen LogP contribution in [0.4, 0.5) is 5.95 Å². The van der Waals surface area contributed by atoms with Gasteiger partial charge in [0.25, 0.3) is 0 Å². The summed E-state index contributed by atoms with van der Waals surface area (Å²) in [7, 11) is 3.91. The van der Waals surface area contributed by atoms with E-state index in [4.69, 9.17) is 9.72 Å². The Kier molecular flexibility index (Phi) is 3.80. The first-order valence-electron chi connectivity index (χ1n) is 7.87. The van der Waals surface area contributed by atoms with Gasteiger partial charge in [0.15, 0.2) is 0 Å². The van der Waals surface area contributed by atoms with Gasteiger partial charge in [0.05, 0.1) is 24.3 Å². The van der Waals surface area contributed by atoms with Gasteiger partial charge in [-0.3, -0.25) is 4.79 Å². The molecule has 1 amide bonds. The van der Waals surface area contributed by atoms with E-state index in [9.17, 15) is 4.79 Å². The lowest BCUT2D eigenvalue weighted by molar-refractivity contribution is -0.130. The number of amides is 1. The second-order valence-corrected chi connectivity index (χ2v) is 6.52. The van der Waals surface area contributed by atoms with Gasteiger partial charge in [0.2, 0.25) is 11.9 Å². The third-order valence-corrected chi connectivity index (χ3v) is 4.74. The summed E-state index contributed by atoms with van der Waals surface area (Å²) >= 11 is 0. The first-order valence-corrected chi connectivity index (χ1v) is 7.87. The summed E-state index contributed by atoms with van der Waals surface area (Å²) in [6.45, 7) is 6.62. The van der Waals surface area contributed by atoms with Crippen molar-refractivity contribution in [3.05, 3.63) is 17.0 Å². The van der Waals surface area contributed by atoms with Crippen molar-refractivity contribution in [3.63, 3.8) is 0 Å². The third-order valence-electron chi connectivity index (χ3n) is 4.74. The van der Waals surface area contributed by atoms with E-state index in [1.54, 1.807) is 0 Å². The molecule has 0 saturated carbocycles. The number of ether oxygens (including phenoxy) is 1. The summed E-state index contributed by atoms with van der Waals surface area (Å²) in [6.07, 6.45) is 1.46. The lowest BCUT2D eigenvalue weighted by Crippen LogP contribution is -2.42. The molecule has 0 bridgehead atoms. The number of carbonyl (C=O) groups is 1. The molecule has 1 aromatic heterocycles. The van der Waals surface area contributed by atoms with Crippen molar-refractivity contribution in [1.82, 2.24) is 14.9 Å². The molecule has 1 atom stereocenters. The van der Waals surface area contributed by atoms with E-state index in [2.05, 4.69) is 4.98 Å². The molecule has 1 saturated heterocycles. The molecule has 120 valence electrons. The number of fused-ring (bicyclic) bond motifs is 2. The number of aromatic nitrogens is 2. The number of carbonyl (C=O) groups excluding carboxylic acids is 1. The molecular formula is C16H24N4O2. The second kappa shape index (κ2) is 5.50. The van der Waals surface area contributed by atoms with Crippen LogP contribution >= 0.6 is 0 Å². The fourth-order valence-corrected chi connectivity index (χ4v) is 3.43. The zero-order valence-electron chi connectivity index (χ0n) is 13.8. The van der Waals surface area contributed by atoms with Crippen LogP contribution in [-0.2, 0) is 21.6 Å². The number of likely N-dealkylation sites (tertiary alicyclic amines) is 1. The van der Waals surface area contributed by atoms with Gasteiger partial charge in [-0.15, -0.1) is 0 Å². The average Bonchev–Trinajstić information content (AvgIpc) is 2.92. The zero-order valence-corrected chi connectivity index (χ0v) is 13.8. The molecule has 0 N–H and O–H groups in total. The van der Waals surface area contributed by atoms with Crippen LogP contribution in [0.15, 0.2) is 0 Å². The standard InChI is InChI=1S/C16H24N4O2/c1-5-13(21)20-7-6-16(9-20)10-22-8-12-11(2)17-15(19(3)4)18-14(12)16/h5-10H2,1-4H3. The Morgan fingerprint density at radius 1 is 1.41 bits per heavy atom. The summed E-state index contributed by atoms with van der Waals surface area (Å²) in [6, 6.07) is 0. The highest BCUT2D eigenvalue weighted by molar-refractivity contribution is 5.76. The monoisotopic (exact) mass is 304 g/mol. The molecule has 3 rings (SSSR count). The van der Waals surface area contributed by atoms with Gasteiger partial charge in [-0.2, -0.15) is 0 Å². The molecule has 1 unspecified atom stereocenters. The Bertz CT molecular complexity index is 602. The molecule has 0 radical (unpaired) electrons. The fourth-order valence-electron chi connectivity index (χ4n) is 3.43. The van der Waals surface area contributed by atoms with E-state index in [1.165, 1.54) is 0 Å². The Labute approximate surface area is 131 Å². The normalized spacial score (nSPS) is 23.7. The van der Waals surface area contributed by atoms with Crippen LogP contribution in [0.3, 0.4) is 0 Å². The van der Waals surface area contributed by atoms with Crippen LogP contribution in [0.1, 0.15) is 36.7 Å². The Morgan fingerprint density at radius 3 is 2.86 bits per heavy atom. The first-order chi connectivity index (χ1) is 10.5. The van der Waals surface area contributed by atoms with Crippen LogP contribution in [0.5, 0.6) is 0 Å². The van der Waals surface area contributed by atoms with Crippen molar-refractivity contribution >= 4 is 11.9 Å². The number of aryl methyl sites for hydroxylation is 1. The maximum atomic E-state index is 12.0. The highest BCUT2D eigenvalue weighted by Crippen LogP contribution is 2.40. The average molecular weight is 304 g/mol. The van der Waals surface area contributed by atoms with E-state index in [0.29, 0.717) is 26.2 Å². The summed E-state index contributed by atoms with van der Waals surface area (Å²) < 4.78 is 5.85. The number of rotatable bonds is 2. The number of anilines is 1. The van der Waals surface area contributed by atoms with Crippen molar-refractivity contribution in [2.75, 3.05) is 38.7 Å². The summed E-state index contributed by atoms with van der Waals surface area (Å²) in [5.74, 6) is 0.945. The Balaban J connectivity index is 2.02. The van der Waals surface area contributed by atoms with E-state index in [-0.39, 0.29) is 11.3 Å². The minimum Gasteiger partial charge on any atom is -0.376 e. The molecule has 3 heterocycles. The zero-order chi connectivity index (χ0) is 15.9. The highest BCUT2D eigenvalue weighted by Gasteiger charge is 2.46. The number of hydrogen-bond donors (Lipinski definition) is 0. The van der Waals surface area contributed by atoms with Gasteiger partial charge < -0.3 is 14.5 Å². The molecule has 1 fully saturated rings. The SMILES string of the molecule is CCC(=O)N1CCC2(COCc3c(C)nc(N(C)C)nc32)C1. The summed E-state index contributed by atoms with van der Waals surface area (Å²) in [5.41, 5.74) is 2.99. The predicted molar refractivity (Wildman–Crippen MR) is 83.9 cm³/mol. The number of hydrogen-bond acceptors (Lipinski definition) is 5. The first kappa shape index (κ1) is 15.2. The van der Waals surface area contributed by atoms with Crippen LogP contribution in [-0.4, -0.2) is 54.6 Å². The minimum absolute atomic E-state index is 0.170. The molecule has 0 aromatic carbocycles. The van der Waals surface area contributed by atoms with E-state index in [0.717, 1.165) is 35.9 Å². The number of nitrogens with zero attached hydrogens (tertiary/aromatic N) is 4. The van der Waals surface area contributed by atoms with E-state index < -0.39 is 0 Å². The summed E-state index contributed by atoms with van der Waals surface area (Å²) in [5, 5.41) is 0. The highest BCUT2D eigenvalue weighted by atomic mass is 16.5. The third kappa shape index (κ3) is 2.35. The van der Waals surface area contributed by atoms with Gasteiger partial charge in [-0.1, -0.05) is 6.92 Å². The smallest absolute Gasteiger partial charge is 0.225 e. The second-order valence-electron chi connectivity index (χ2n) is 6.52.